The molecular weight excluding hydrogens is 236 g/mol. The first-order valence-electron chi connectivity index (χ1n) is 8.02. The van der Waals surface area contributed by atoms with Crippen molar-refractivity contribution in [2.75, 3.05) is 6.54 Å². The lowest BCUT2D eigenvalue weighted by Crippen LogP contribution is -2.46. The SMILES string of the molecule is CC(C)CCNC(=O)C(C)NC1CCCC(C)CC1. The monoisotopic (exact) mass is 268 g/mol. The fourth-order valence-corrected chi connectivity index (χ4v) is 2.72. The molecule has 1 rings (SSSR count). The van der Waals surface area contributed by atoms with Crippen LogP contribution < -0.4 is 10.6 Å². The van der Waals surface area contributed by atoms with Crippen molar-refractivity contribution in [3.05, 3.63) is 0 Å². The molecule has 1 aliphatic rings. The lowest BCUT2D eigenvalue weighted by molar-refractivity contribution is -0.123. The summed E-state index contributed by atoms with van der Waals surface area (Å²) in [6, 6.07) is 0.460. The molecule has 1 aliphatic carbocycles. The van der Waals surface area contributed by atoms with Crippen LogP contribution >= 0.6 is 0 Å². The molecule has 1 saturated carbocycles. The van der Waals surface area contributed by atoms with Gasteiger partial charge >= 0.3 is 0 Å². The zero-order valence-electron chi connectivity index (χ0n) is 13.2. The average Bonchev–Trinajstić information content (AvgIpc) is 2.54. The summed E-state index contributed by atoms with van der Waals surface area (Å²) < 4.78 is 0. The number of rotatable bonds is 6. The Bertz CT molecular complexity index is 265. The van der Waals surface area contributed by atoms with E-state index in [4.69, 9.17) is 0 Å². The molecule has 3 nitrogen and oxygen atoms in total. The van der Waals surface area contributed by atoms with Gasteiger partial charge in [0.1, 0.15) is 0 Å². The van der Waals surface area contributed by atoms with Crippen LogP contribution in [-0.4, -0.2) is 24.5 Å². The van der Waals surface area contributed by atoms with Crippen LogP contribution in [0.3, 0.4) is 0 Å². The lowest BCUT2D eigenvalue weighted by Gasteiger charge is -2.21. The molecule has 3 unspecified atom stereocenters. The molecule has 19 heavy (non-hydrogen) atoms. The highest BCUT2D eigenvalue weighted by Gasteiger charge is 2.20. The lowest BCUT2D eigenvalue weighted by atomic mass is 10.0. The molecular formula is C16H32N2O. The van der Waals surface area contributed by atoms with Crippen LogP contribution in [0.25, 0.3) is 0 Å². The van der Waals surface area contributed by atoms with Crippen molar-refractivity contribution in [3.63, 3.8) is 0 Å². The molecule has 1 amide bonds. The van der Waals surface area contributed by atoms with Crippen LogP contribution in [0.2, 0.25) is 0 Å². The Labute approximate surface area is 118 Å². The topological polar surface area (TPSA) is 41.1 Å². The number of hydrogen-bond donors (Lipinski definition) is 2. The van der Waals surface area contributed by atoms with Gasteiger partial charge in [0.15, 0.2) is 0 Å². The van der Waals surface area contributed by atoms with E-state index in [9.17, 15) is 4.79 Å². The number of amides is 1. The summed E-state index contributed by atoms with van der Waals surface area (Å²) in [6.07, 6.45) is 7.41. The summed E-state index contributed by atoms with van der Waals surface area (Å²) in [5.74, 6) is 1.65. The van der Waals surface area contributed by atoms with Crippen LogP contribution in [-0.2, 0) is 4.79 Å². The Morgan fingerprint density at radius 2 is 1.89 bits per heavy atom. The van der Waals surface area contributed by atoms with E-state index in [0.717, 1.165) is 18.9 Å². The van der Waals surface area contributed by atoms with Gasteiger partial charge in [-0.05, 0) is 44.4 Å². The van der Waals surface area contributed by atoms with Gasteiger partial charge in [0, 0.05) is 12.6 Å². The van der Waals surface area contributed by atoms with Crippen LogP contribution in [0.5, 0.6) is 0 Å². The maximum Gasteiger partial charge on any atom is 0.236 e. The Balaban J connectivity index is 2.24. The first kappa shape index (κ1) is 16.5. The molecule has 0 heterocycles. The minimum atomic E-state index is -0.0643. The maximum absolute atomic E-state index is 12.0. The Hall–Kier alpha value is -0.570. The quantitative estimate of drug-likeness (QED) is 0.727. The van der Waals surface area contributed by atoms with Crippen molar-refractivity contribution in [1.29, 1.82) is 0 Å². The molecule has 112 valence electrons. The van der Waals surface area contributed by atoms with E-state index in [1.165, 1.54) is 32.1 Å². The molecule has 0 spiro atoms. The highest BCUT2D eigenvalue weighted by molar-refractivity contribution is 5.81. The predicted molar refractivity (Wildman–Crippen MR) is 81.1 cm³/mol. The minimum Gasteiger partial charge on any atom is -0.355 e. The number of hydrogen-bond acceptors (Lipinski definition) is 2. The molecule has 0 bridgehead atoms. The molecule has 0 aliphatic heterocycles. The fourth-order valence-electron chi connectivity index (χ4n) is 2.72. The summed E-state index contributed by atoms with van der Waals surface area (Å²) >= 11 is 0. The van der Waals surface area contributed by atoms with Gasteiger partial charge in [-0.2, -0.15) is 0 Å². The average molecular weight is 268 g/mol. The number of carbonyl (C=O) groups excluding carboxylic acids is 1. The Kier molecular flexibility index (Phi) is 7.44. The highest BCUT2D eigenvalue weighted by atomic mass is 16.2. The minimum absolute atomic E-state index is 0.0643. The van der Waals surface area contributed by atoms with Gasteiger partial charge in [0.05, 0.1) is 6.04 Å². The van der Waals surface area contributed by atoms with Crippen molar-refractivity contribution in [2.45, 2.75) is 78.3 Å². The third-order valence-corrected chi connectivity index (χ3v) is 4.16. The first-order valence-corrected chi connectivity index (χ1v) is 8.02. The third-order valence-electron chi connectivity index (χ3n) is 4.16. The van der Waals surface area contributed by atoms with E-state index in [2.05, 4.69) is 31.4 Å². The van der Waals surface area contributed by atoms with Gasteiger partial charge in [0.2, 0.25) is 5.91 Å². The van der Waals surface area contributed by atoms with Crippen molar-refractivity contribution in [1.82, 2.24) is 10.6 Å². The molecule has 2 N–H and O–H groups in total. The Morgan fingerprint density at radius 3 is 2.58 bits per heavy atom. The van der Waals surface area contributed by atoms with E-state index < -0.39 is 0 Å². The number of nitrogens with one attached hydrogen (secondary N) is 2. The van der Waals surface area contributed by atoms with Crippen molar-refractivity contribution in [3.8, 4) is 0 Å². The van der Waals surface area contributed by atoms with Crippen molar-refractivity contribution >= 4 is 5.91 Å². The second-order valence-corrected chi connectivity index (χ2v) is 6.67. The van der Waals surface area contributed by atoms with Gasteiger partial charge in [-0.25, -0.2) is 0 Å². The van der Waals surface area contributed by atoms with Crippen molar-refractivity contribution in [2.24, 2.45) is 11.8 Å². The normalized spacial score (nSPS) is 25.9. The molecule has 0 radical (unpaired) electrons. The van der Waals surface area contributed by atoms with Gasteiger partial charge < -0.3 is 10.6 Å². The van der Waals surface area contributed by atoms with Gasteiger partial charge in [-0.15, -0.1) is 0 Å². The first-order chi connectivity index (χ1) is 8.99. The summed E-state index contributed by atoms with van der Waals surface area (Å²) in [5, 5.41) is 6.53. The van der Waals surface area contributed by atoms with Gasteiger partial charge in [-0.3, -0.25) is 4.79 Å². The van der Waals surface area contributed by atoms with E-state index >= 15 is 0 Å². The summed E-state index contributed by atoms with van der Waals surface area (Å²) in [6.45, 7) is 9.48. The van der Waals surface area contributed by atoms with Crippen molar-refractivity contribution < 1.29 is 4.79 Å². The summed E-state index contributed by atoms with van der Waals surface area (Å²) in [4.78, 5) is 12.0. The fraction of sp³-hybridized carbons (Fsp3) is 0.938. The van der Waals surface area contributed by atoms with E-state index in [1.807, 2.05) is 6.92 Å². The molecule has 1 fully saturated rings. The zero-order chi connectivity index (χ0) is 14.3. The molecule has 3 heteroatoms. The zero-order valence-corrected chi connectivity index (χ0v) is 13.2. The Morgan fingerprint density at radius 1 is 1.16 bits per heavy atom. The largest absolute Gasteiger partial charge is 0.355 e. The number of carbonyl (C=O) groups is 1. The van der Waals surface area contributed by atoms with Crippen LogP contribution in [0.4, 0.5) is 0 Å². The molecule has 0 aromatic heterocycles. The van der Waals surface area contributed by atoms with Gasteiger partial charge in [-0.1, -0.05) is 33.6 Å². The maximum atomic E-state index is 12.0. The summed E-state index contributed by atoms with van der Waals surface area (Å²) in [5.41, 5.74) is 0. The molecule has 3 atom stereocenters. The van der Waals surface area contributed by atoms with Gasteiger partial charge in [0.25, 0.3) is 0 Å². The standard InChI is InChI=1S/C16H32N2O/c1-12(2)10-11-17-16(19)14(4)18-15-7-5-6-13(3)8-9-15/h12-15,18H,5-11H2,1-4H3,(H,17,19). The molecule has 0 aromatic rings. The summed E-state index contributed by atoms with van der Waals surface area (Å²) in [7, 11) is 0. The van der Waals surface area contributed by atoms with Crippen LogP contribution in [0.15, 0.2) is 0 Å². The second-order valence-electron chi connectivity index (χ2n) is 6.67. The molecule has 0 aromatic carbocycles. The van der Waals surface area contributed by atoms with Crippen LogP contribution in [0.1, 0.15) is 66.2 Å². The van der Waals surface area contributed by atoms with E-state index in [1.54, 1.807) is 0 Å². The predicted octanol–water partition coefficient (Wildman–Crippen LogP) is 3.10. The van der Waals surface area contributed by atoms with E-state index in [-0.39, 0.29) is 11.9 Å². The molecule has 0 saturated heterocycles. The van der Waals surface area contributed by atoms with Crippen LogP contribution in [0, 0.1) is 11.8 Å². The smallest absolute Gasteiger partial charge is 0.236 e. The third kappa shape index (κ3) is 6.95. The van der Waals surface area contributed by atoms with E-state index in [0.29, 0.717) is 12.0 Å². The highest BCUT2D eigenvalue weighted by Crippen LogP contribution is 2.22. The second kappa shape index (κ2) is 8.57.